The zero-order valence-corrected chi connectivity index (χ0v) is 13.3. The Hall–Kier alpha value is -0.920. The molecule has 2 heterocycles. The molecule has 4 nitrogen and oxygen atoms in total. The number of rotatable bonds is 5. The van der Waals surface area contributed by atoms with Gasteiger partial charge in [0.05, 0.1) is 0 Å². The van der Waals surface area contributed by atoms with Crippen LogP contribution in [-0.4, -0.2) is 44.1 Å². The number of halogens is 3. The van der Waals surface area contributed by atoms with Crippen LogP contribution < -0.4 is 10.1 Å². The van der Waals surface area contributed by atoms with E-state index in [2.05, 4.69) is 10.1 Å². The van der Waals surface area contributed by atoms with Gasteiger partial charge in [-0.1, -0.05) is 0 Å². The van der Waals surface area contributed by atoms with Gasteiger partial charge in [0, 0.05) is 13.1 Å². The van der Waals surface area contributed by atoms with Crippen molar-refractivity contribution in [3.63, 3.8) is 0 Å². The third kappa shape index (κ3) is 4.79. The fourth-order valence-corrected chi connectivity index (χ4v) is 3.20. The van der Waals surface area contributed by atoms with E-state index in [4.69, 9.17) is 0 Å². The predicted octanol–water partition coefficient (Wildman–Crippen LogP) is 2.84. The molecule has 1 aliphatic rings. The van der Waals surface area contributed by atoms with Crippen LogP contribution in [0.2, 0.25) is 0 Å². The summed E-state index contributed by atoms with van der Waals surface area (Å²) in [5, 5.41) is 4.73. The smallest absolute Gasteiger partial charge is 0.387 e. The quantitative estimate of drug-likeness (QED) is 0.896. The lowest BCUT2D eigenvalue weighted by atomic mass is 9.97. The second-order valence-electron chi connectivity index (χ2n) is 4.79. The fourth-order valence-electron chi connectivity index (χ4n) is 2.41. The SMILES string of the molecule is CNCC1CCN(C(=O)c2sccc2OC(F)F)CC1.Cl. The van der Waals surface area contributed by atoms with Crippen LogP contribution in [0.3, 0.4) is 0 Å². The maximum absolute atomic E-state index is 12.3. The van der Waals surface area contributed by atoms with Crippen LogP contribution >= 0.6 is 23.7 Å². The van der Waals surface area contributed by atoms with Crippen LogP contribution in [0.1, 0.15) is 22.5 Å². The lowest BCUT2D eigenvalue weighted by Crippen LogP contribution is -2.40. The van der Waals surface area contributed by atoms with Crippen LogP contribution in [0.4, 0.5) is 8.78 Å². The Labute approximate surface area is 132 Å². The third-order valence-electron chi connectivity index (χ3n) is 3.43. The standard InChI is InChI=1S/C13H18F2N2O2S.ClH/c1-16-8-9-2-5-17(6-3-9)12(18)11-10(4-7-20-11)19-13(14)15;/h4,7,9,13,16H,2-3,5-6,8H2,1H3;1H. The summed E-state index contributed by atoms with van der Waals surface area (Å²) < 4.78 is 28.9. The second kappa shape index (κ2) is 8.51. The van der Waals surface area contributed by atoms with Crippen molar-refractivity contribution in [3.05, 3.63) is 16.3 Å². The van der Waals surface area contributed by atoms with Gasteiger partial charge in [-0.15, -0.1) is 23.7 Å². The van der Waals surface area contributed by atoms with Gasteiger partial charge in [0.2, 0.25) is 0 Å². The van der Waals surface area contributed by atoms with Crippen molar-refractivity contribution >= 4 is 29.7 Å². The number of nitrogens with zero attached hydrogens (tertiary/aromatic N) is 1. The third-order valence-corrected chi connectivity index (χ3v) is 4.32. The monoisotopic (exact) mass is 340 g/mol. The molecule has 2 rings (SSSR count). The van der Waals surface area contributed by atoms with Crippen molar-refractivity contribution < 1.29 is 18.3 Å². The van der Waals surface area contributed by atoms with Crippen LogP contribution in [0.25, 0.3) is 0 Å². The normalized spacial score (nSPS) is 15.9. The summed E-state index contributed by atoms with van der Waals surface area (Å²) in [6.07, 6.45) is 1.87. The van der Waals surface area contributed by atoms with Crippen LogP contribution in [0, 0.1) is 5.92 Å². The highest BCUT2D eigenvalue weighted by molar-refractivity contribution is 7.12. The number of amides is 1. The highest BCUT2D eigenvalue weighted by Crippen LogP contribution is 2.29. The first kappa shape index (κ1) is 18.1. The Bertz CT molecular complexity index is 451. The summed E-state index contributed by atoms with van der Waals surface area (Å²) in [7, 11) is 1.91. The van der Waals surface area contributed by atoms with Gasteiger partial charge in [-0.2, -0.15) is 8.78 Å². The van der Waals surface area contributed by atoms with E-state index in [0.29, 0.717) is 19.0 Å². The van der Waals surface area contributed by atoms with Crippen molar-refractivity contribution in [2.45, 2.75) is 19.5 Å². The van der Waals surface area contributed by atoms with Crippen molar-refractivity contribution in [3.8, 4) is 5.75 Å². The van der Waals surface area contributed by atoms with Gasteiger partial charge >= 0.3 is 6.61 Å². The molecule has 0 bridgehead atoms. The van der Waals surface area contributed by atoms with Crippen LogP contribution in [-0.2, 0) is 0 Å². The first-order chi connectivity index (χ1) is 9.61. The molecule has 1 aromatic rings. The molecule has 1 aliphatic heterocycles. The average molecular weight is 341 g/mol. The first-order valence-corrected chi connectivity index (χ1v) is 7.46. The Morgan fingerprint density at radius 3 is 2.76 bits per heavy atom. The van der Waals surface area contributed by atoms with Gasteiger partial charge in [-0.25, -0.2) is 0 Å². The molecule has 1 aromatic heterocycles. The number of carbonyl (C=O) groups excluding carboxylic acids is 1. The number of carbonyl (C=O) groups is 1. The molecule has 1 amide bonds. The molecule has 0 spiro atoms. The van der Waals surface area contributed by atoms with Crippen molar-refractivity contribution in [1.82, 2.24) is 10.2 Å². The largest absolute Gasteiger partial charge is 0.433 e. The number of thiophene rings is 1. The van der Waals surface area contributed by atoms with E-state index in [1.807, 2.05) is 7.05 Å². The lowest BCUT2D eigenvalue weighted by molar-refractivity contribution is -0.0499. The number of ether oxygens (including phenoxy) is 1. The Balaban J connectivity index is 0.00000220. The van der Waals surface area contributed by atoms with Gasteiger partial charge < -0.3 is 15.0 Å². The number of likely N-dealkylation sites (tertiary alicyclic amines) is 1. The summed E-state index contributed by atoms with van der Waals surface area (Å²) in [5.74, 6) is 0.343. The van der Waals surface area contributed by atoms with Crippen molar-refractivity contribution in [2.75, 3.05) is 26.7 Å². The van der Waals surface area contributed by atoms with Gasteiger partial charge in [-0.3, -0.25) is 4.79 Å². The Morgan fingerprint density at radius 1 is 1.52 bits per heavy atom. The number of hydrogen-bond donors (Lipinski definition) is 1. The number of piperidine rings is 1. The lowest BCUT2D eigenvalue weighted by Gasteiger charge is -2.31. The Morgan fingerprint density at radius 2 is 2.19 bits per heavy atom. The second-order valence-corrected chi connectivity index (χ2v) is 5.70. The highest BCUT2D eigenvalue weighted by Gasteiger charge is 2.26. The molecule has 1 saturated heterocycles. The Kier molecular flexibility index (Phi) is 7.34. The number of alkyl halides is 2. The van der Waals surface area contributed by atoms with Gasteiger partial charge in [-0.05, 0) is 43.8 Å². The van der Waals surface area contributed by atoms with E-state index < -0.39 is 6.61 Å². The molecule has 1 fully saturated rings. The maximum atomic E-state index is 12.3. The molecule has 0 aromatic carbocycles. The molecule has 0 saturated carbocycles. The summed E-state index contributed by atoms with van der Waals surface area (Å²) >= 11 is 1.14. The highest BCUT2D eigenvalue weighted by atomic mass is 35.5. The van der Waals surface area contributed by atoms with Crippen LogP contribution in [0.5, 0.6) is 5.75 Å². The molecule has 1 N–H and O–H groups in total. The molecule has 0 atom stereocenters. The topological polar surface area (TPSA) is 41.6 Å². The molecule has 8 heteroatoms. The van der Waals surface area contributed by atoms with Crippen LogP contribution in [0.15, 0.2) is 11.4 Å². The van der Waals surface area contributed by atoms with E-state index in [9.17, 15) is 13.6 Å². The molecule has 21 heavy (non-hydrogen) atoms. The molecule has 0 radical (unpaired) electrons. The minimum absolute atomic E-state index is 0. The number of hydrogen-bond acceptors (Lipinski definition) is 4. The van der Waals surface area contributed by atoms with Gasteiger partial charge in [0.15, 0.2) is 0 Å². The molecular formula is C13H19ClF2N2O2S. The van der Waals surface area contributed by atoms with Gasteiger partial charge in [0.1, 0.15) is 10.6 Å². The van der Waals surface area contributed by atoms with E-state index >= 15 is 0 Å². The molecule has 120 valence electrons. The zero-order chi connectivity index (χ0) is 14.5. The maximum Gasteiger partial charge on any atom is 0.387 e. The molecule has 0 unspecified atom stereocenters. The minimum Gasteiger partial charge on any atom is -0.433 e. The fraction of sp³-hybridized carbons (Fsp3) is 0.615. The first-order valence-electron chi connectivity index (χ1n) is 6.58. The van der Waals surface area contributed by atoms with Gasteiger partial charge in [0.25, 0.3) is 5.91 Å². The minimum atomic E-state index is -2.91. The van der Waals surface area contributed by atoms with Crippen molar-refractivity contribution in [1.29, 1.82) is 0 Å². The zero-order valence-electron chi connectivity index (χ0n) is 11.7. The predicted molar refractivity (Wildman–Crippen MR) is 80.8 cm³/mol. The van der Waals surface area contributed by atoms with E-state index in [-0.39, 0.29) is 28.9 Å². The van der Waals surface area contributed by atoms with E-state index in [1.54, 1.807) is 10.3 Å². The van der Waals surface area contributed by atoms with E-state index in [1.165, 1.54) is 6.07 Å². The average Bonchev–Trinajstić information content (AvgIpc) is 2.86. The summed E-state index contributed by atoms with van der Waals surface area (Å²) in [4.78, 5) is 14.3. The van der Waals surface area contributed by atoms with E-state index in [0.717, 1.165) is 30.7 Å². The molecule has 0 aliphatic carbocycles. The number of nitrogens with one attached hydrogen (secondary N) is 1. The van der Waals surface area contributed by atoms with Crippen molar-refractivity contribution in [2.24, 2.45) is 5.92 Å². The summed E-state index contributed by atoms with van der Waals surface area (Å²) in [5.41, 5.74) is 0. The summed E-state index contributed by atoms with van der Waals surface area (Å²) in [6.45, 7) is -0.632. The summed E-state index contributed by atoms with van der Waals surface area (Å²) in [6, 6.07) is 1.41. The molecular weight excluding hydrogens is 322 g/mol.